The van der Waals surface area contributed by atoms with E-state index < -0.39 is 18.2 Å². The highest BCUT2D eigenvalue weighted by Crippen LogP contribution is 2.34. The van der Waals surface area contributed by atoms with E-state index in [0.29, 0.717) is 33.9 Å². The first-order valence-corrected chi connectivity index (χ1v) is 12.3. The molecule has 4 rings (SSSR count). The number of amides is 3. The molecule has 3 aromatic rings. The summed E-state index contributed by atoms with van der Waals surface area (Å²) in [5.41, 5.74) is 2.21. The number of ether oxygens (including phenoxy) is 1. The lowest BCUT2D eigenvalue weighted by Gasteiger charge is -2.24. The summed E-state index contributed by atoms with van der Waals surface area (Å²) in [5, 5.41) is 6.14. The van der Waals surface area contributed by atoms with Crippen LogP contribution in [0.2, 0.25) is 5.02 Å². The lowest BCUT2D eigenvalue weighted by atomic mass is 10.00. The highest BCUT2D eigenvalue weighted by molar-refractivity contribution is 6.31. The lowest BCUT2D eigenvalue weighted by Crippen LogP contribution is -2.47. The highest BCUT2D eigenvalue weighted by atomic mass is 35.5. The van der Waals surface area contributed by atoms with Gasteiger partial charge in [-0.2, -0.15) is 0 Å². The van der Waals surface area contributed by atoms with Crippen LogP contribution in [0.15, 0.2) is 72.8 Å². The summed E-state index contributed by atoms with van der Waals surface area (Å²) in [6, 6.07) is 18.2. The molecule has 0 saturated carbocycles. The van der Waals surface area contributed by atoms with Gasteiger partial charge in [0.05, 0.1) is 6.54 Å². The summed E-state index contributed by atoms with van der Waals surface area (Å²) in [5.74, 6) is -0.836. The van der Waals surface area contributed by atoms with Crippen molar-refractivity contribution in [2.45, 2.75) is 32.5 Å². The van der Waals surface area contributed by atoms with Gasteiger partial charge in [-0.3, -0.25) is 14.5 Å². The lowest BCUT2D eigenvalue weighted by molar-refractivity contribution is -0.126. The number of anilines is 1. The van der Waals surface area contributed by atoms with Gasteiger partial charge in [-0.05, 0) is 59.5 Å². The van der Waals surface area contributed by atoms with Crippen LogP contribution in [0.25, 0.3) is 0 Å². The van der Waals surface area contributed by atoms with Crippen molar-refractivity contribution in [1.29, 1.82) is 0 Å². The number of hydrogen-bond donors (Lipinski definition) is 2. The molecule has 37 heavy (non-hydrogen) atoms. The SMILES string of the molecule is CC(C)CNC(=O)[C@@H]1[C@H](c2ccc(NC(=O)c3cccc(Cl)c3)cc2)OC(=O)N1Cc1ccc(F)cc1. The molecular weight excluding hydrogens is 497 g/mol. The Morgan fingerprint density at radius 1 is 1.05 bits per heavy atom. The van der Waals surface area contributed by atoms with Crippen LogP contribution in [0.1, 0.15) is 41.4 Å². The smallest absolute Gasteiger partial charge is 0.411 e. The highest BCUT2D eigenvalue weighted by Gasteiger charge is 2.46. The molecule has 0 aromatic heterocycles. The zero-order valence-corrected chi connectivity index (χ0v) is 21.2. The summed E-state index contributed by atoms with van der Waals surface area (Å²) in [7, 11) is 0. The van der Waals surface area contributed by atoms with E-state index in [4.69, 9.17) is 16.3 Å². The van der Waals surface area contributed by atoms with Gasteiger partial charge in [0.15, 0.2) is 12.1 Å². The molecule has 9 heteroatoms. The van der Waals surface area contributed by atoms with E-state index in [1.807, 2.05) is 13.8 Å². The second kappa shape index (κ2) is 11.4. The maximum absolute atomic E-state index is 13.4. The minimum Gasteiger partial charge on any atom is -0.438 e. The Morgan fingerprint density at radius 3 is 2.41 bits per heavy atom. The fourth-order valence-electron chi connectivity index (χ4n) is 3.99. The molecule has 2 N–H and O–H groups in total. The number of rotatable bonds is 8. The van der Waals surface area contributed by atoms with Crippen molar-refractivity contribution in [3.8, 4) is 0 Å². The average Bonchev–Trinajstić information content (AvgIpc) is 3.20. The number of cyclic esters (lactones) is 1. The number of carbonyl (C=O) groups excluding carboxylic acids is 3. The second-order valence-electron chi connectivity index (χ2n) is 9.23. The molecule has 1 aliphatic rings. The van der Waals surface area contributed by atoms with Crippen molar-refractivity contribution in [2.24, 2.45) is 5.92 Å². The van der Waals surface area contributed by atoms with E-state index in [0.717, 1.165) is 0 Å². The molecule has 2 atom stereocenters. The number of hydrogen-bond acceptors (Lipinski definition) is 4. The Kier molecular flexibility index (Phi) is 8.08. The molecule has 1 heterocycles. The van der Waals surface area contributed by atoms with Crippen molar-refractivity contribution >= 4 is 35.2 Å². The monoisotopic (exact) mass is 523 g/mol. The van der Waals surface area contributed by atoms with E-state index in [2.05, 4.69) is 10.6 Å². The van der Waals surface area contributed by atoms with E-state index in [1.54, 1.807) is 60.7 Å². The number of halogens is 2. The van der Waals surface area contributed by atoms with Crippen LogP contribution in [0.4, 0.5) is 14.9 Å². The van der Waals surface area contributed by atoms with Crippen LogP contribution in [-0.4, -0.2) is 35.4 Å². The van der Waals surface area contributed by atoms with E-state index >= 15 is 0 Å². The number of nitrogens with one attached hydrogen (secondary N) is 2. The number of carbonyl (C=O) groups is 3. The Labute approximate surface area is 219 Å². The summed E-state index contributed by atoms with van der Waals surface area (Å²) in [6.07, 6.45) is -1.50. The molecule has 7 nitrogen and oxygen atoms in total. The summed E-state index contributed by atoms with van der Waals surface area (Å²) < 4.78 is 19.0. The van der Waals surface area contributed by atoms with Crippen molar-refractivity contribution in [2.75, 3.05) is 11.9 Å². The first-order chi connectivity index (χ1) is 17.7. The molecule has 1 fully saturated rings. The van der Waals surface area contributed by atoms with Gasteiger partial charge < -0.3 is 15.4 Å². The molecule has 192 valence electrons. The predicted molar refractivity (Wildman–Crippen MR) is 139 cm³/mol. The summed E-state index contributed by atoms with van der Waals surface area (Å²) >= 11 is 5.97. The molecular formula is C28H27ClFN3O4. The van der Waals surface area contributed by atoms with Gasteiger partial charge in [0.1, 0.15) is 5.82 Å². The molecule has 1 aliphatic heterocycles. The average molecular weight is 524 g/mol. The Morgan fingerprint density at radius 2 is 1.76 bits per heavy atom. The molecule has 1 saturated heterocycles. The van der Waals surface area contributed by atoms with Gasteiger partial charge >= 0.3 is 6.09 Å². The third kappa shape index (κ3) is 6.46. The maximum atomic E-state index is 13.4. The maximum Gasteiger partial charge on any atom is 0.411 e. The van der Waals surface area contributed by atoms with Gasteiger partial charge in [-0.15, -0.1) is 0 Å². The fraction of sp³-hybridized carbons (Fsp3) is 0.250. The van der Waals surface area contributed by atoms with Crippen molar-refractivity contribution in [1.82, 2.24) is 10.2 Å². The minimum atomic E-state index is -0.928. The minimum absolute atomic E-state index is 0.0865. The quantitative estimate of drug-likeness (QED) is 0.404. The van der Waals surface area contributed by atoms with Crippen LogP contribution in [0.3, 0.4) is 0 Å². The summed E-state index contributed by atoms with van der Waals surface area (Å²) in [4.78, 5) is 40.0. The van der Waals surface area contributed by atoms with Crippen LogP contribution >= 0.6 is 11.6 Å². The fourth-order valence-corrected chi connectivity index (χ4v) is 4.19. The van der Waals surface area contributed by atoms with Crippen molar-refractivity contribution < 1.29 is 23.5 Å². The largest absolute Gasteiger partial charge is 0.438 e. The molecule has 0 spiro atoms. The third-order valence-corrected chi connectivity index (χ3v) is 6.12. The van der Waals surface area contributed by atoms with E-state index in [9.17, 15) is 18.8 Å². The molecule has 3 amide bonds. The van der Waals surface area contributed by atoms with Crippen molar-refractivity contribution in [3.05, 3.63) is 100 Å². The second-order valence-corrected chi connectivity index (χ2v) is 9.67. The molecule has 0 bridgehead atoms. The van der Waals surface area contributed by atoms with Gasteiger partial charge in [-0.1, -0.05) is 55.8 Å². The first kappa shape index (κ1) is 26.2. The van der Waals surface area contributed by atoms with E-state index in [1.165, 1.54) is 17.0 Å². The molecule has 3 aromatic carbocycles. The van der Waals surface area contributed by atoms with Crippen LogP contribution in [-0.2, 0) is 16.1 Å². The Hall–Kier alpha value is -3.91. The van der Waals surface area contributed by atoms with Crippen LogP contribution in [0, 0.1) is 11.7 Å². The standard InChI is InChI=1S/C28H27ClFN3O4/c1-17(2)15-31-27(35)24-25(37-28(36)33(24)16-18-6-10-22(30)11-7-18)19-8-12-23(13-9-19)32-26(34)20-4-3-5-21(29)14-20/h3-14,17,24-25H,15-16H2,1-2H3,(H,31,35)(H,32,34)/t24-,25-/m0/s1. The Balaban J connectivity index is 1.54. The predicted octanol–water partition coefficient (Wildman–Crippen LogP) is 5.57. The third-order valence-electron chi connectivity index (χ3n) is 5.89. The molecule has 0 aliphatic carbocycles. The number of benzene rings is 3. The van der Waals surface area contributed by atoms with Gasteiger partial charge in [0, 0.05) is 22.8 Å². The Bertz CT molecular complexity index is 1280. The van der Waals surface area contributed by atoms with Crippen LogP contribution in [0.5, 0.6) is 0 Å². The van der Waals surface area contributed by atoms with Crippen molar-refractivity contribution in [3.63, 3.8) is 0 Å². The summed E-state index contributed by atoms with van der Waals surface area (Å²) in [6.45, 7) is 4.47. The zero-order chi connectivity index (χ0) is 26.5. The van der Waals surface area contributed by atoms with Gasteiger partial charge in [0.25, 0.3) is 5.91 Å². The molecule has 0 radical (unpaired) electrons. The first-order valence-electron chi connectivity index (χ1n) is 11.9. The van der Waals surface area contributed by atoms with Gasteiger partial charge in [-0.25, -0.2) is 9.18 Å². The van der Waals surface area contributed by atoms with E-state index in [-0.39, 0.29) is 30.1 Å². The normalized spacial score (nSPS) is 17.0. The topological polar surface area (TPSA) is 87.7 Å². The number of nitrogens with zero attached hydrogens (tertiary/aromatic N) is 1. The van der Waals surface area contributed by atoms with Gasteiger partial charge in [0.2, 0.25) is 5.91 Å². The van der Waals surface area contributed by atoms with Crippen LogP contribution < -0.4 is 10.6 Å². The zero-order valence-electron chi connectivity index (χ0n) is 20.4. The molecule has 0 unspecified atom stereocenters.